The lowest BCUT2D eigenvalue weighted by atomic mass is 10.0. The summed E-state index contributed by atoms with van der Waals surface area (Å²) < 4.78 is 5.70. The molecule has 1 saturated heterocycles. The first-order valence-electron chi connectivity index (χ1n) is 6.80. The van der Waals surface area contributed by atoms with Crippen LogP contribution in [0, 0.1) is 0 Å². The molecular formula is C13H24N2O3. The molecule has 2 aliphatic rings. The minimum atomic E-state index is -0.370. The van der Waals surface area contributed by atoms with Crippen LogP contribution >= 0.6 is 0 Å². The monoisotopic (exact) mass is 256 g/mol. The van der Waals surface area contributed by atoms with Crippen LogP contribution in [0.4, 0.5) is 0 Å². The number of nitrogens with one attached hydrogen (secondary N) is 1. The Labute approximate surface area is 108 Å². The van der Waals surface area contributed by atoms with Gasteiger partial charge in [-0.15, -0.1) is 0 Å². The Morgan fingerprint density at radius 1 is 1.50 bits per heavy atom. The minimum absolute atomic E-state index is 0.0342. The van der Waals surface area contributed by atoms with E-state index < -0.39 is 0 Å². The molecule has 1 atom stereocenters. The van der Waals surface area contributed by atoms with Gasteiger partial charge in [0.2, 0.25) is 5.91 Å². The number of hydrogen-bond donors (Lipinski definition) is 2. The highest BCUT2D eigenvalue weighted by Crippen LogP contribution is 2.22. The number of amides is 1. The second-order valence-electron chi connectivity index (χ2n) is 5.93. The standard InChI is InChI=1S/C13H24N2O3/c1-13(2)9-15(7-11(8-16)18-13)12(17)5-6-14-10-3-4-10/h10-11,14,16H,3-9H2,1-2H3. The van der Waals surface area contributed by atoms with E-state index in [9.17, 15) is 9.90 Å². The number of nitrogens with zero attached hydrogens (tertiary/aromatic N) is 1. The zero-order chi connectivity index (χ0) is 13.2. The third kappa shape index (κ3) is 3.93. The summed E-state index contributed by atoms with van der Waals surface area (Å²) in [6, 6.07) is 0.643. The number of aliphatic hydroxyl groups is 1. The molecule has 2 N–H and O–H groups in total. The fourth-order valence-electron chi connectivity index (χ4n) is 2.41. The largest absolute Gasteiger partial charge is 0.394 e. The number of morpholine rings is 1. The maximum absolute atomic E-state index is 12.1. The fourth-order valence-corrected chi connectivity index (χ4v) is 2.41. The van der Waals surface area contributed by atoms with Gasteiger partial charge in [0, 0.05) is 32.1 Å². The van der Waals surface area contributed by atoms with Gasteiger partial charge in [0.15, 0.2) is 0 Å². The summed E-state index contributed by atoms with van der Waals surface area (Å²) in [5, 5.41) is 12.5. The summed E-state index contributed by atoms with van der Waals surface area (Å²) in [7, 11) is 0. The van der Waals surface area contributed by atoms with E-state index in [1.807, 2.05) is 18.7 Å². The zero-order valence-corrected chi connectivity index (χ0v) is 11.3. The van der Waals surface area contributed by atoms with Crippen LogP contribution in [0.2, 0.25) is 0 Å². The number of aliphatic hydroxyl groups excluding tert-OH is 1. The molecular weight excluding hydrogens is 232 g/mol. The van der Waals surface area contributed by atoms with Crippen LogP contribution in [0.25, 0.3) is 0 Å². The molecule has 104 valence electrons. The highest BCUT2D eigenvalue weighted by atomic mass is 16.5. The Kier molecular flexibility index (Phi) is 4.25. The second kappa shape index (κ2) is 5.55. The van der Waals surface area contributed by atoms with Gasteiger partial charge in [-0.1, -0.05) is 0 Å². The van der Waals surface area contributed by atoms with Gasteiger partial charge in [0.1, 0.15) is 0 Å². The summed E-state index contributed by atoms with van der Waals surface area (Å²) >= 11 is 0. The minimum Gasteiger partial charge on any atom is -0.394 e. The number of carbonyl (C=O) groups is 1. The first-order valence-corrected chi connectivity index (χ1v) is 6.80. The van der Waals surface area contributed by atoms with Crippen LogP contribution in [0.15, 0.2) is 0 Å². The van der Waals surface area contributed by atoms with E-state index in [1.165, 1.54) is 12.8 Å². The average molecular weight is 256 g/mol. The van der Waals surface area contributed by atoms with Gasteiger partial charge in [0.25, 0.3) is 0 Å². The van der Waals surface area contributed by atoms with Crippen molar-refractivity contribution in [3.05, 3.63) is 0 Å². The van der Waals surface area contributed by atoms with E-state index in [0.29, 0.717) is 25.6 Å². The maximum Gasteiger partial charge on any atom is 0.224 e. The molecule has 2 rings (SSSR count). The van der Waals surface area contributed by atoms with Gasteiger partial charge in [-0.25, -0.2) is 0 Å². The SMILES string of the molecule is CC1(C)CN(C(=O)CCNC2CC2)CC(CO)O1. The first-order chi connectivity index (χ1) is 8.50. The number of rotatable bonds is 5. The van der Waals surface area contributed by atoms with Gasteiger partial charge < -0.3 is 20.1 Å². The highest BCUT2D eigenvalue weighted by Gasteiger charge is 2.35. The molecule has 0 bridgehead atoms. The molecule has 1 amide bonds. The summed E-state index contributed by atoms with van der Waals surface area (Å²) in [5.41, 5.74) is -0.370. The predicted molar refractivity (Wildman–Crippen MR) is 68.3 cm³/mol. The molecule has 1 aliphatic heterocycles. The van der Waals surface area contributed by atoms with E-state index in [-0.39, 0.29) is 24.2 Å². The van der Waals surface area contributed by atoms with E-state index in [2.05, 4.69) is 5.32 Å². The van der Waals surface area contributed by atoms with Crippen molar-refractivity contribution in [3.63, 3.8) is 0 Å². The maximum atomic E-state index is 12.1. The van der Waals surface area contributed by atoms with Crippen molar-refractivity contribution in [1.29, 1.82) is 0 Å². The molecule has 0 spiro atoms. The van der Waals surface area contributed by atoms with Crippen LogP contribution in [-0.2, 0) is 9.53 Å². The third-order valence-electron chi connectivity index (χ3n) is 3.39. The van der Waals surface area contributed by atoms with E-state index in [0.717, 1.165) is 6.54 Å². The quantitative estimate of drug-likeness (QED) is 0.734. The first kappa shape index (κ1) is 13.8. The van der Waals surface area contributed by atoms with Crippen molar-refractivity contribution in [2.24, 2.45) is 0 Å². The molecule has 0 aromatic rings. The number of ether oxygens (including phenoxy) is 1. The van der Waals surface area contributed by atoms with Crippen molar-refractivity contribution < 1.29 is 14.6 Å². The van der Waals surface area contributed by atoms with Gasteiger partial charge >= 0.3 is 0 Å². The van der Waals surface area contributed by atoms with Crippen molar-refractivity contribution in [1.82, 2.24) is 10.2 Å². The van der Waals surface area contributed by atoms with Gasteiger partial charge in [-0.2, -0.15) is 0 Å². The van der Waals surface area contributed by atoms with Crippen molar-refractivity contribution in [3.8, 4) is 0 Å². The third-order valence-corrected chi connectivity index (χ3v) is 3.39. The molecule has 5 nitrogen and oxygen atoms in total. The van der Waals surface area contributed by atoms with Crippen LogP contribution in [-0.4, -0.2) is 59.9 Å². The Bertz CT molecular complexity index is 303. The molecule has 1 unspecified atom stereocenters. The predicted octanol–water partition coefficient (Wildman–Crippen LogP) is 0.127. The molecule has 1 aliphatic carbocycles. The van der Waals surface area contributed by atoms with E-state index in [4.69, 9.17) is 4.74 Å². The van der Waals surface area contributed by atoms with Crippen LogP contribution in [0.1, 0.15) is 33.1 Å². The Morgan fingerprint density at radius 2 is 2.22 bits per heavy atom. The smallest absolute Gasteiger partial charge is 0.224 e. The molecule has 1 saturated carbocycles. The van der Waals surface area contributed by atoms with Gasteiger partial charge in [0.05, 0.1) is 18.3 Å². The van der Waals surface area contributed by atoms with Gasteiger partial charge in [-0.3, -0.25) is 4.79 Å². The second-order valence-corrected chi connectivity index (χ2v) is 5.93. The van der Waals surface area contributed by atoms with Crippen molar-refractivity contribution in [2.75, 3.05) is 26.2 Å². The summed E-state index contributed by atoms with van der Waals surface area (Å²) in [6.45, 7) is 5.74. The molecule has 0 aromatic carbocycles. The lowest BCUT2D eigenvalue weighted by Gasteiger charge is -2.42. The summed E-state index contributed by atoms with van der Waals surface area (Å²) in [4.78, 5) is 13.9. The van der Waals surface area contributed by atoms with Crippen molar-refractivity contribution >= 4 is 5.91 Å². The molecule has 1 heterocycles. The van der Waals surface area contributed by atoms with Crippen LogP contribution in [0.3, 0.4) is 0 Å². The van der Waals surface area contributed by atoms with E-state index >= 15 is 0 Å². The molecule has 0 radical (unpaired) electrons. The Hall–Kier alpha value is -0.650. The average Bonchev–Trinajstić information content (AvgIpc) is 3.10. The fraction of sp³-hybridized carbons (Fsp3) is 0.923. The topological polar surface area (TPSA) is 61.8 Å². The van der Waals surface area contributed by atoms with E-state index in [1.54, 1.807) is 0 Å². The summed E-state index contributed by atoms with van der Waals surface area (Å²) in [6.07, 6.45) is 2.76. The molecule has 5 heteroatoms. The molecule has 0 aromatic heterocycles. The van der Waals surface area contributed by atoms with Crippen molar-refractivity contribution in [2.45, 2.75) is 50.9 Å². The number of hydrogen-bond acceptors (Lipinski definition) is 4. The lowest BCUT2D eigenvalue weighted by molar-refractivity contribution is -0.166. The Balaban J connectivity index is 1.79. The van der Waals surface area contributed by atoms with Crippen LogP contribution < -0.4 is 5.32 Å². The van der Waals surface area contributed by atoms with Gasteiger partial charge in [-0.05, 0) is 26.7 Å². The van der Waals surface area contributed by atoms with Crippen LogP contribution in [0.5, 0.6) is 0 Å². The molecule has 2 fully saturated rings. The summed E-state index contributed by atoms with van der Waals surface area (Å²) in [5.74, 6) is 0.151. The highest BCUT2D eigenvalue weighted by molar-refractivity contribution is 5.76. The lowest BCUT2D eigenvalue weighted by Crippen LogP contribution is -2.55. The normalized spacial score (nSPS) is 27.3. The molecule has 18 heavy (non-hydrogen) atoms. The zero-order valence-electron chi connectivity index (χ0n) is 11.3. The number of carbonyl (C=O) groups excluding carboxylic acids is 1. The Morgan fingerprint density at radius 3 is 2.83 bits per heavy atom.